The van der Waals surface area contributed by atoms with Crippen LogP contribution in [0.2, 0.25) is 0 Å². The first-order valence-electron chi connectivity index (χ1n) is 10.5. The molecule has 1 fully saturated rings. The Morgan fingerprint density at radius 2 is 1.59 bits per heavy atom. The molecule has 0 aliphatic carbocycles. The fraction of sp³-hybridized carbons (Fsp3) is 0.619. The molecular formula is C21H32N2O5S. The van der Waals surface area contributed by atoms with E-state index in [0.717, 1.165) is 44.1 Å². The summed E-state index contributed by atoms with van der Waals surface area (Å²) >= 11 is 0. The second-order valence-corrected chi connectivity index (χ2v) is 9.45. The number of hydrogen-bond acceptors (Lipinski definition) is 4. The standard InChI is InChI=1S/C21H32N2O5S/c24-20(22-15-5-3-4-8-21(25)26)14-11-18-9-12-19(13-10-18)29(27,28)23-16-6-1-2-7-17-23/h9-10,12-13H,1-8,11,14-17H2,(H,22,24)(H,25,26). The van der Waals surface area contributed by atoms with Crippen molar-refractivity contribution in [2.75, 3.05) is 19.6 Å². The Labute approximate surface area is 173 Å². The molecule has 0 atom stereocenters. The number of rotatable bonds is 11. The van der Waals surface area contributed by atoms with Gasteiger partial charge in [0.1, 0.15) is 0 Å². The van der Waals surface area contributed by atoms with Crippen LogP contribution in [0.5, 0.6) is 0 Å². The summed E-state index contributed by atoms with van der Waals surface area (Å²) in [5.74, 6) is -0.844. The third-order valence-electron chi connectivity index (χ3n) is 5.16. The van der Waals surface area contributed by atoms with Crippen LogP contribution >= 0.6 is 0 Å². The van der Waals surface area contributed by atoms with Crippen molar-refractivity contribution in [3.63, 3.8) is 0 Å². The van der Waals surface area contributed by atoms with E-state index in [2.05, 4.69) is 5.32 Å². The van der Waals surface area contributed by atoms with Crippen LogP contribution in [0.15, 0.2) is 29.2 Å². The van der Waals surface area contributed by atoms with E-state index in [9.17, 15) is 18.0 Å². The Balaban J connectivity index is 1.74. The first kappa shape index (κ1) is 23.3. The normalized spacial score (nSPS) is 15.6. The van der Waals surface area contributed by atoms with Crippen LogP contribution in [0.1, 0.15) is 63.4 Å². The average Bonchev–Trinajstić information content (AvgIpc) is 2.99. The molecule has 1 aliphatic rings. The molecule has 1 saturated heterocycles. The molecule has 0 radical (unpaired) electrons. The van der Waals surface area contributed by atoms with Gasteiger partial charge in [0.05, 0.1) is 4.90 Å². The van der Waals surface area contributed by atoms with Gasteiger partial charge in [-0.2, -0.15) is 4.31 Å². The average molecular weight is 425 g/mol. The number of amides is 1. The Kier molecular flexibility index (Phi) is 9.60. The molecule has 0 spiro atoms. The maximum atomic E-state index is 12.8. The second-order valence-electron chi connectivity index (χ2n) is 7.52. The van der Waals surface area contributed by atoms with Gasteiger partial charge in [-0.05, 0) is 49.8 Å². The zero-order valence-electron chi connectivity index (χ0n) is 16.9. The number of unbranched alkanes of at least 4 members (excludes halogenated alkanes) is 2. The van der Waals surface area contributed by atoms with Gasteiger partial charge >= 0.3 is 5.97 Å². The Morgan fingerprint density at radius 1 is 0.931 bits per heavy atom. The molecule has 7 nitrogen and oxygen atoms in total. The van der Waals surface area contributed by atoms with Gasteiger partial charge in [0.25, 0.3) is 0 Å². The Hall–Kier alpha value is -1.93. The number of nitrogens with one attached hydrogen (secondary N) is 1. The number of aryl methyl sites for hydroxylation is 1. The van der Waals surface area contributed by atoms with Gasteiger partial charge in [-0.15, -0.1) is 0 Å². The lowest BCUT2D eigenvalue weighted by Gasteiger charge is -2.20. The van der Waals surface area contributed by atoms with Crippen LogP contribution in [0, 0.1) is 0 Å². The lowest BCUT2D eigenvalue weighted by Crippen LogP contribution is -2.31. The number of carbonyl (C=O) groups excluding carboxylic acids is 1. The highest BCUT2D eigenvalue weighted by Gasteiger charge is 2.24. The number of carboxylic acids is 1. The third-order valence-corrected chi connectivity index (χ3v) is 7.07. The quantitative estimate of drug-likeness (QED) is 0.532. The molecule has 2 rings (SSSR count). The monoisotopic (exact) mass is 424 g/mol. The maximum absolute atomic E-state index is 12.8. The van der Waals surface area contributed by atoms with Crippen molar-refractivity contribution in [2.24, 2.45) is 0 Å². The molecule has 29 heavy (non-hydrogen) atoms. The number of nitrogens with zero attached hydrogens (tertiary/aromatic N) is 1. The van der Waals surface area contributed by atoms with Crippen molar-refractivity contribution >= 4 is 21.9 Å². The SMILES string of the molecule is O=C(O)CCCCCNC(=O)CCc1ccc(S(=O)(=O)N2CCCCCC2)cc1. The fourth-order valence-corrected chi connectivity index (χ4v) is 4.93. The summed E-state index contributed by atoms with van der Waals surface area (Å²) in [6.45, 7) is 1.71. The predicted octanol–water partition coefficient (Wildman–Crippen LogP) is 2.95. The summed E-state index contributed by atoms with van der Waals surface area (Å²) in [6.07, 6.45) is 7.20. The summed E-state index contributed by atoms with van der Waals surface area (Å²) in [7, 11) is -3.44. The van der Waals surface area contributed by atoms with Crippen molar-refractivity contribution in [3.8, 4) is 0 Å². The zero-order valence-corrected chi connectivity index (χ0v) is 17.8. The summed E-state index contributed by atoms with van der Waals surface area (Å²) < 4.78 is 27.1. The van der Waals surface area contributed by atoms with Gasteiger partial charge in [-0.25, -0.2) is 8.42 Å². The molecule has 1 aliphatic heterocycles. The Bertz CT molecular complexity index is 754. The maximum Gasteiger partial charge on any atom is 0.303 e. The summed E-state index contributed by atoms with van der Waals surface area (Å²) in [6, 6.07) is 6.83. The number of sulfonamides is 1. The molecule has 2 N–H and O–H groups in total. The molecule has 0 unspecified atom stereocenters. The van der Waals surface area contributed by atoms with Crippen LogP contribution in [-0.4, -0.2) is 49.3 Å². The number of benzene rings is 1. The molecule has 0 aromatic heterocycles. The second kappa shape index (κ2) is 11.9. The van der Waals surface area contributed by atoms with Gasteiger partial charge < -0.3 is 10.4 Å². The van der Waals surface area contributed by atoms with Gasteiger partial charge in [0, 0.05) is 32.5 Å². The highest BCUT2D eigenvalue weighted by molar-refractivity contribution is 7.89. The molecule has 162 valence electrons. The molecule has 1 heterocycles. The number of aliphatic carboxylic acids is 1. The van der Waals surface area contributed by atoms with Crippen molar-refractivity contribution < 1.29 is 23.1 Å². The van der Waals surface area contributed by atoms with Crippen molar-refractivity contribution in [1.29, 1.82) is 0 Å². The molecule has 0 saturated carbocycles. The predicted molar refractivity (Wildman–Crippen MR) is 111 cm³/mol. The lowest BCUT2D eigenvalue weighted by atomic mass is 10.1. The highest BCUT2D eigenvalue weighted by atomic mass is 32.2. The minimum atomic E-state index is -3.44. The van der Waals surface area contributed by atoms with E-state index in [0.29, 0.717) is 43.8 Å². The smallest absolute Gasteiger partial charge is 0.303 e. The van der Waals surface area contributed by atoms with E-state index >= 15 is 0 Å². The van der Waals surface area contributed by atoms with Crippen molar-refractivity contribution in [2.45, 2.75) is 69.1 Å². The van der Waals surface area contributed by atoms with Gasteiger partial charge in [0.15, 0.2) is 0 Å². The highest BCUT2D eigenvalue weighted by Crippen LogP contribution is 2.21. The summed E-state index contributed by atoms with van der Waals surface area (Å²) in [4.78, 5) is 22.7. The van der Waals surface area contributed by atoms with Gasteiger partial charge in [-0.1, -0.05) is 31.4 Å². The number of carboxylic acid groups (broad SMARTS) is 1. The first-order chi connectivity index (χ1) is 13.9. The lowest BCUT2D eigenvalue weighted by molar-refractivity contribution is -0.137. The number of hydrogen-bond donors (Lipinski definition) is 2. The van der Waals surface area contributed by atoms with Crippen LogP contribution in [0.3, 0.4) is 0 Å². The van der Waals surface area contributed by atoms with Gasteiger partial charge in [-0.3, -0.25) is 9.59 Å². The van der Waals surface area contributed by atoms with Crippen LogP contribution in [0.4, 0.5) is 0 Å². The van der Waals surface area contributed by atoms with Crippen molar-refractivity contribution in [3.05, 3.63) is 29.8 Å². The Morgan fingerprint density at radius 3 is 2.21 bits per heavy atom. The zero-order chi connectivity index (χ0) is 21.1. The molecule has 0 bridgehead atoms. The molecular weight excluding hydrogens is 392 g/mol. The molecule has 1 aromatic rings. The van der Waals surface area contributed by atoms with E-state index < -0.39 is 16.0 Å². The van der Waals surface area contributed by atoms with Crippen LogP contribution in [-0.2, 0) is 26.0 Å². The minimum Gasteiger partial charge on any atom is -0.481 e. The largest absolute Gasteiger partial charge is 0.481 e. The first-order valence-corrected chi connectivity index (χ1v) is 11.9. The van der Waals surface area contributed by atoms with E-state index in [1.807, 2.05) is 0 Å². The minimum absolute atomic E-state index is 0.0514. The fourth-order valence-electron chi connectivity index (χ4n) is 3.41. The van der Waals surface area contributed by atoms with Crippen LogP contribution < -0.4 is 5.32 Å². The topological polar surface area (TPSA) is 104 Å². The van der Waals surface area contributed by atoms with Crippen LogP contribution in [0.25, 0.3) is 0 Å². The van der Waals surface area contributed by atoms with E-state index in [-0.39, 0.29) is 12.3 Å². The molecule has 1 amide bonds. The van der Waals surface area contributed by atoms with Crippen molar-refractivity contribution in [1.82, 2.24) is 9.62 Å². The summed E-state index contributed by atoms with van der Waals surface area (Å²) in [5, 5.41) is 11.4. The molecule has 1 aromatic carbocycles. The molecule has 8 heteroatoms. The van der Waals surface area contributed by atoms with E-state index in [1.54, 1.807) is 28.6 Å². The van der Waals surface area contributed by atoms with E-state index in [1.165, 1.54) is 0 Å². The summed E-state index contributed by atoms with van der Waals surface area (Å²) in [5.41, 5.74) is 0.927. The third kappa shape index (κ3) is 8.14. The van der Waals surface area contributed by atoms with E-state index in [4.69, 9.17) is 5.11 Å². The van der Waals surface area contributed by atoms with Gasteiger partial charge in [0.2, 0.25) is 15.9 Å². The number of carbonyl (C=O) groups is 2.